The highest BCUT2D eigenvalue weighted by atomic mass is 16.5. The van der Waals surface area contributed by atoms with Crippen molar-refractivity contribution in [2.45, 2.75) is 44.1 Å². The van der Waals surface area contributed by atoms with Gasteiger partial charge in [0.05, 0.1) is 18.6 Å². The molecular formula is C21H24N2O. The van der Waals surface area contributed by atoms with Gasteiger partial charge in [0.2, 0.25) is 0 Å². The van der Waals surface area contributed by atoms with E-state index >= 15 is 0 Å². The average Bonchev–Trinajstić information content (AvgIpc) is 2.63. The lowest BCUT2D eigenvalue weighted by atomic mass is 9.69. The van der Waals surface area contributed by atoms with Crippen LogP contribution in [0.25, 0.3) is 0 Å². The molecule has 0 aliphatic heterocycles. The van der Waals surface area contributed by atoms with E-state index in [4.69, 9.17) is 4.74 Å². The van der Waals surface area contributed by atoms with E-state index < -0.39 is 0 Å². The molecule has 0 heterocycles. The molecule has 3 rings (SSSR count). The molecule has 0 saturated heterocycles. The Morgan fingerprint density at radius 3 is 2.54 bits per heavy atom. The molecule has 0 unspecified atom stereocenters. The summed E-state index contributed by atoms with van der Waals surface area (Å²) in [7, 11) is 1.67. The first-order valence-electron chi connectivity index (χ1n) is 8.54. The van der Waals surface area contributed by atoms with Gasteiger partial charge in [0.15, 0.2) is 0 Å². The van der Waals surface area contributed by atoms with Crippen molar-refractivity contribution in [3.8, 4) is 11.8 Å². The van der Waals surface area contributed by atoms with Gasteiger partial charge in [-0.25, -0.2) is 0 Å². The number of hydrogen-bond donors (Lipinski definition) is 1. The number of aryl methyl sites for hydroxylation is 1. The van der Waals surface area contributed by atoms with E-state index in [1.54, 1.807) is 7.11 Å². The Bertz CT molecular complexity index is 739. The number of anilines is 1. The zero-order valence-corrected chi connectivity index (χ0v) is 14.4. The maximum absolute atomic E-state index is 9.86. The molecule has 1 aliphatic carbocycles. The van der Waals surface area contributed by atoms with E-state index in [-0.39, 0.29) is 5.41 Å². The second kappa shape index (κ2) is 6.97. The molecule has 0 atom stereocenters. The summed E-state index contributed by atoms with van der Waals surface area (Å²) in [5.41, 5.74) is 3.13. The summed E-state index contributed by atoms with van der Waals surface area (Å²) in [6.45, 7) is 2.11. The molecule has 0 amide bonds. The minimum atomic E-state index is -0.390. The lowest BCUT2D eigenvalue weighted by Gasteiger charge is -2.36. The molecule has 2 aromatic rings. The SMILES string of the molecule is COc1cccc(C2(C#N)CCC(Nc3cccc(C)c3)CC2)c1. The summed E-state index contributed by atoms with van der Waals surface area (Å²) < 4.78 is 5.32. The topological polar surface area (TPSA) is 45.0 Å². The average molecular weight is 320 g/mol. The van der Waals surface area contributed by atoms with E-state index in [1.165, 1.54) is 11.3 Å². The normalized spacial score (nSPS) is 23.3. The van der Waals surface area contributed by atoms with Crippen LogP contribution in [0, 0.1) is 18.3 Å². The fraction of sp³-hybridized carbons (Fsp3) is 0.381. The Morgan fingerprint density at radius 2 is 1.88 bits per heavy atom. The quantitative estimate of drug-likeness (QED) is 0.878. The van der Waals surface area contributed by atoms with Crippen molar-refractivity contribution >= 4 is 5.69 Å². The first-order chi connectivity index (χ1) is 11.6. The van der Waals surface area contributed by atoms with Gasteiger partial charge in [0, 0.05) is 11.7 Å². The Morgan fingerprint density at radius 1 is 1.12 bits per heavy atom. The van der Waals surface area contributed by atoms with Crippen LogP contribution in [-0.4, -0.2) is 13.2 Å². The molecule has 2 aromatic carbocycles. The largest absolute Gasteiger partial charge is 0.497 e. The lowest BCUT2D eigenvalue weighted by Crippen LogP contribution is -2.35. The second-order valence-electron chi connectivity index (χ2n) is 6.71. The van der Waals surface area contributed by atoms with Gasteiger partial charge in [-0.3, -0.25) is 0 Å². The minimum Gasteiger partial charge on any atom is -0.497 e. The number of methoxy groups -OCH3 is 1. The standard InChI is InChI=1S/C21H24N2O/c1-16-5-3-7-19(13-16)23-18-9-11-21(15-22,12-10-18)17-6-4-8-20(14-17)24-2/h3-8,13-14,18,23H,9-12H2,1-2H3. The molecule has 1 N–H and O–H groups in total. The van der Waals surface area contributed by atoms with Crippen LogP contribution < -0.4 is 10.1 Å². The lowest BCUT2D eigenvalue weighted by molar-refractivity contribution is 0.342. The third-order valence-corrected chi connectivity index (χ3v) is 5.06. The number of ether oxygens (including phenoxy) is 1. The van der Waals surface area contributed by atoms with Crippen LogP contribution >= 0.6 is 0 Å². The molecular weight excluding hydrogens is 296 g/mol. The van der Waals surface area contributed by atoms with Crippen LogP contribution in [0.1, 0.15) is 36.8 Å². The van der Waals surface area contributed by atoms with Crippen LogP contribution in [0.3, 0.4) is 0 Å². The molecule has 0 aromatic heterocycles. The Balaban J connectivity index is 1.71. The first kappa shape index (κ1) is 16.4. The van der Waals surface area contributed by atoms with E-state index in [9.17, 15) is 5.26 Å². The summed E-state index contributed by atoms with van der Waals surface area (Å²) in [4.78, 5) is 0. The molecule has 0 bridgehead atoms. The van der Waals surface area contributed by atoms with Crippen LogP contribution in [0.5, 0.6) is 5.75 Å². The maximum Gasteiger partial charge on any atom is 0.119 e. The summed E-state index contributed by atoms with van der Waals surface area (Å²) in [5.74, 6) is 0.821. The van der Waals surface area contributed by atoms with Gasteiger partial charge in [-0.2, -0.15) is 5.26 Å². The number of nitrogens with one attached hydrogen (secondary N) is 1. The van der Waals surface area contributed by atoms with Gasteiger partial charge in [0.25, 0.3) is 0 Å². The van der Waals surface area contributed by atoms with Crippen molar-refractivity contribution < 1.29 is 4.74 Å². The molecule has 124 valence electrons. The molecule has 0 radical (unpaired) electrons. The van der Waals surface area contributed by atoms with E-state index in [0.29, 0.717) is 6.04 Å². The number of rotatable bonds is 4. The smallest absolute Gasteiger partial charge is 0.119 e. The number of nitrogens with zero attached hydrogens (tertiary/aromatic N) is 1. The minimum absolute atomic E-state index is 0.390. The third-order valence-electron chi connectivity index (χ3n) is 5.06. The molecule has 0 spiro atoms. The van der Waals surface area contributed by atoms with Gasteiger partial charge in [-0.15, -0.1) is 0 Å². The van der Waals surface area contributed by atoms with E-state index in [2.05, 4.69) is 48.6 Å². The number of hydrogen-bond acceptors (Lipinski definition) is 3. The van der Waals surface area contributed by atoms with Gasteiger partial charge < -0.3 is 10.1 Å². The Hall–Kier alpha value is -2.47. The van der Waals surface area contributed by atoms with E-state index in [0.717, 1.165) is 37.0 Å². The molecule has 3 nitrogen and oxygen atoms in total. The fourth-order valence-electron chi connectivity index (χ4n) is 3.61. The zero-order valence-electron chi connectivity index (χ0n) is 14.4. The predicted octanol–water partition coefficient (Wildman–Crippen LogP) is 4.82. The maximum atomic E-state index is 9.86. The Labute approximate surface area is 144 Å². The van der Waals surface area contributed by atoms with Crippen LogP contribution in [0.4, 0.5) is 5.69 Å². The highest BCUT2D eigenvalue weighted by molar-refractivity contribution is 5.47. The van der Waals surface area contributed by atoms with Crippen molar-refractivity contribution in [1.82, 2.24) is 0 Å². The predicted molar refractivity (Wildman–Crippen MR) is 97.3 cm³/mol. The summed E-state index contributed by atoms with van der Waals surface area (Å²) in [6.07, 6.45) is 3.75. The van der Waals surface area contributed by atoms with Gasteiger partial charge in [0.1, 0.15) is 5.75 Å². The molecule has 3 heteroatoms. The Kier molecular flexibility index (Phi) is 4.76. The number of nitriles is 1. The summed E-state index contributed by atoms with van der Waals surface area (Å²) in [6, 6.07) is 19.5. The van der Waals surface area contributed by atoms with Crippen molar-refractivity contribution in [1.29, 1.82) is 5.26 Å². The van der Waals surface area contributed by atoms with Crippen molar-refractivity contribution in [2.24, 2.45) is 0 Å². The fourth-order valence-corrected chi connectivity index (χ4v) is 3.61. The highest BCUT2D eigenvalue weighted by Crippen LogP contribution is 2.40. The highest BCUT2D eigenvalue weighted by Gasteiger charge is 2.37. The van der Waals surface area contributed by atoms with Gasteiger partial charge in [-0.05, 0) is 68.0 Å². The molecule has 1 saturated carbocycles. The van der Waals surface area contributed by atoms with Crippen LogP contribution in [-0.2, 0) is 5.41 Å². The van der Waals surface area contributed by atoms with Crippen LogP contribution in [0.2, 0.25) is 0 Å². The zero-order chi connectivity index (χ0) is 17.0. The monoisotopic (exact) mass is 320 g/mol. The van der Waals surface area contributed by atoms with Crippen LogP contribution in [0.15, 0.2) is 48.5 Å². The van der Waals surface area contributed by atoms with Gasteiger partial charge >= 0.3 is 0 Å². The summed E-state index contributed by atoms with van der Waals surface area (Å²) in [5, 5.41) is 13.5. The van der Waals surface area contributed by atoms with Crippen molar-refractivity contribution in [3.05, 3.63) is 59.7 Å². The van der Waals surface area contributed by atoms with Crippen molar-refractivity contribution in [3.63, 3.8) is 0 Å². The first-order valence-corrected chi connectivity index (χ1v) is 8.54. The molecule has 1 aliphatic rings. The number of benzene rings is 2. The third kappa shape index (κ3) is 3.38. The molecule has 24 heavy (non-hydrogen) atoms. The second-order valence-corrected chi connectivity index (χ2v) is 6.71. The van der Waals surface area contributed by atoms with Crippen molar-refractivity contribution in [2.75, 3.05) is 12.4 Å². The van der Waals surface area contributed by atoms with E-state index in [1.807, 2.05) is 18.2 Å². The summed E-state index contributed by atoms with van der Waals surface area (Å²) >= 11 is 0. The molecule has 1 fully saturated rings. The van der Waals surface area contributed by atoms with Gasteiger partial charge in [-0.1, -0.05) is 24.3 Å².